The number of hydrogen-bond acceptors (Lipinski definition) is 6. The first-order valence-corrected chi connectivity index (χ1v) is 10.7. The minimum Gasteiger partial charge on any atom is -0.306 e. The van der Waals surface area contributed by atoms with Crippen molar-refractivity contribution in [3.05, 3.63) is 58.6 Å². The van der Waals surface area contributed by atoms with Crippen LogP contribution in [0.5, 0.6) is 0 Å². The van der Waals surface area contributed by atoms with E-state index >= 15 is 0 Å². The quantitative estimate of drug-likeness (QED) is 0.594. The Morgan fingerprint density at radius 1 is 1.36 bits per heavy atom. The van der Waals surface area contributed by atoms with E-state index in [0.717, 1.165) is 16.3 Å². The number of rotatable bonds is 6. The van der Waals surface area contributed by atoms with E-state index in [1.165, 1.54) is 12.3 Å². The normalized spacial score (nSPS) is 22.2. The molecule has 2 aromatic rings. The number of nitrogens with one attached hydrogen (secondary N) is 1. The molecule has 0 aliphatic carbocycles. The lowest BCUT2D eigenvalue weighted by molar-refractivity contribution is 0.102. The second kappa shape index (κ2) is 8.54. The van der Waals surface area contributed by atoms with E-state index in [2.05, 4.69) is 14.8 Å². The molecule has 1 aliphatic heterocycles. The number of alkyl halides is 1. The van der Waals surface area contributed by atoms with Gasteiger partial charge in [-0.2, -0.15) is 4.98 Å². The van der Waals surface area contributed by atoms with Gasteiger partial charge in [0.05, 0.1) is 6.61 Å². The molecular formula is C16H17FN3O6PS. The summed E-state index contributed by atoms with van der Waals surface area (Å²) in [4.78, 5) is 45.6. The number of amides is 1. The van der Waals surface area contributed by atoms with Gasteiger partial charge in [0.1, 0.15) is 17.4 Å². The first kappa shape index (κ1) is 20.7. The van der Waals surface area contributed by atoms with Crippen LogP contribution in [0.25, 0.3) is 0 Å². The van der Waals surface area contributed by atoms with Gasteiger partial charge in [0, 0.05) is 17.0 Å². The Labute approximate surface area is 163 Å². The highest BCUT2D eigenvalue weighted by Crippen LogP contribution is 2.45. The zero-order chi connectivity index (χ0) is 20.3. The first-order chi connectivity index (χ1) is 13.2. The number of carbonyl (C=O) groups is 1. The molecule has 1 fully saturated rings. The van der Waals surface area contributed by atoms with E-state index in [1.807, 2.05) is 0 Å². The number of phosphoric ester groups is 1. The van der Waals surface area contributed by atoms with Gasteiger partial charge in [0.15, 0.2) is 0 Å². The maximum atomic E-state index is 14.3. The number of anilines is 1. The third-order valence-corrected chi connectivity index (χ3v) is 5.94. The molecule has 0 spiro atoms. The third-order valence-electron chi connectivity index (χ3n) is 3.94. The predicted molar refractivity (Wildman–Crippen MR) is 101 cm³/mol. The number of nitrogens with zero attached hydrogens (tertiary/aromatic N) is 2. The molecule has 3 atom stereocenters. The molecular weight excluding hydrogens is 412 g/mol. The summed E-state index contributed by atoms with van der Waals surface area (Å²) in [5.41, 5.74) is -0.348. The predicted octanol–water partition coefficient (Wildman–Crippen LogP) is 1.95. The van der Waals surface area contributed by atoms with Crippen molar-refractivity contribution in [1.29, 1.82) is 0 Å². The van der Waals surface area contributed by atoms with Gasteiger partial charge in [0.25, 0.3) is 5.91 Å². The Kier molecular flexibility index (Phi) is 6.31. The summed E-state index contributed by atoms with van der Waals surface area (Å²) in [5.74, 6) is -0.395. The molecule has 3 N–H and O–H groups in total. The van der Waals surface area contributed by atoms with Crippen molar-refractivity contribution in [2.24, 2.45) is 0 Å². The monoisotopic (exact) mass is 429 g/mol. The standard InChI is InChI=1S/C16H17FN3O6PS/c17-12-8-11(9-26-27(23,24)25)28-15(12)20-7-6-13(19-16(20)22)18-14(21)10-4-2-1-3-5-10/h1-7,11-12,15H,8-9H2,(H2,23,24,25)(H,18,19,21,22)/t11-,12-,15+/m0/s1. The van der Waals surface area contributed by atoms with Crippen molar-refractivity contribution >= 4 is 31.3 Å². The number of halogens is 1. The van der Waals surface area contributed by atoms with Gasteiger partial charge >= 0.3 is 13.5 Å². The second-order valence-electron chi connectivity index (χ2n) is 6.01. The van der Waals surface area contributed by atoms with E-state index in [1.54, 1.807) is 30.3 Å². The fraction of sp³-hybridized carbons (Fsp3) is 0.312. The van der Waals surface area contributed by atoms with Gasteiger partial charge in [-0.25, -0.2) is 13.8 Å². The van der Waals surface area contributed by atoms with E-state index in [4.69, 9.17) is 9.79 Å². The lowest BCUT2D eigenvalue weighted by atomic mass is 10.2. The van der Waals surface area contributed by atoms with Gasteiger partial charge < -0.3 is 15.1 Å². The van der Waals surface area contributed by atoms with Crippen LogP contribution in [-0.2, 0) is 9.09 Å². The molecule has 0 radical (unpaired) electrons. The van der Waals surface area contributed by atoms with Gasteiger partial charge in [0.2, 0.25) is 0 Å². The van der Waals surface area contributed by atoms with E-state index in [9.17, 15) is 18.5 Å². The van der Waals surface area contributed by atoms with Crippen molar-refractivity contribution in [2.75, 3.05) is 11.9 Å². The van der Waals surface area contributed by atoms with Crippen molar-refractivity contribution in [2.45, 2.75) is 23.2 Å². The van der Waals surface area contributed by atoms with Gasteiger partial charge in [-0.05, 0) is 24.6 Å². The maximum absolute atomic E-state index is 14.3. The van der Waals surface area contributed by atoms with Crippen LogP contribution in [0.15, 0.2) is 47.4 Å². The van der Waals surface area contributed by atoms with Crippen LogP contribution in [-0.4, -0.2) is 43.3 Å². The highest BCUT2D eigenvalue weighted by molar-refractivity contribution is 8.00. The molecule has 1 aromatic carbocycles. The molecule has 1 aliphatic rings. The van der Waals surface area contributed by atoms with Crippen LogP contribution in [0.3, 0.4) is 0 Å². The lowest BCUT2D eigenvalue weighted by Crippen LogP contribution is -2.29. The van der Waals surface area contributed by atoms with Crippen LogP contribution in [0.4, 0.5) is 10.2 Å². The van der Waals surface area contributed by atoms with Crippen LogP contribution < -0.4 is 11.0 Å². The summed E-state index contributed by atoms with van der Waals surface area (Å²) < 4.78 is 30.6. The van der Waals surface area contributed by atoms with Gasteiger partial charge in [-0.3, -0.25) is 13.9 Å². The number of benzene rings is 1. The second-order valence-corrected chi connectivity index (χ2v) is 8.67. The Morgan fingerprint density at radius 2 is 2.07 bits per heavy atom. The van der Waals surface area contributed by atoms with Gasteiger partial charge in [-0.15, -0.1) is 11.8 Å². The number of thioether (sulfide) groups is 1. The van der Waals surface area contributed by atoms with E-state index in [-0.39, 0.29) is 18.8 Å². The fourth-order valence-electron chi connectivity index (χ4n) is 2.69. The molecule has 9 nitrogen and oxygen atoms in total. The summed E-state index contributed by atoms with van der Waals surface area (Å²) >= 11 is 1.04. The molecule has 150 valence electrons. The van der Waals surface area contributed by atoms with E-state index < -0.39 is 36.2 Å². The molecule has 28 heavy (non-hydrogen) atoms. The fourth-order valence-corrected chi connectivity index (χ4v) is 4.57. The zero-order valence-electron chi connectivity index (χ0n) is 14.3. The lowest BCUT2D eigenvalue weighted by Gasteiger charge is -2.16. The molecule has 0 unspecified atom stereocenters. The largest absolute Gasteiger partial charge is 0.469 e. The number of hydrogen-bond donors (Lipinski definition) is 3. The van der Waals surface area contributed by atoms with Crippen molar-refractivity contribution < 1.29 is 28.1 Å². The van der Waals surface area contributed by atoms with Crippen LogP contribution in [0.1, 0.15) is 22.2 Å². The average molecular weight is 429 g/mol. The molecule has 1 saturated heterocycles. The summed E-state index contributed by atoms with van der Waals surface area (Å²) in [6.45, 7) is -0.334. The first-order valence-electron chi connectivity index (χ1n) is 8.18. The summed E-state index contributed by atoms with van der Waals surface area (Å²) in [6.07, 6.45) is -0.111. The minimum atomic E-state index is -4.64. The van der Waals surface area contributed by atoms with Crippen LogP contribution in [0, 0.1) is 0 Å². The summed E-state index contributed by atoms with van der Waals surface area (Å²) in [6, 6.07) is 9.77. The molecule has 2 heterocycles. The van der Waals surface area contributed by atoms with Crippen LogP contribution in [0.2, 0.25) is 0 Å². The highest BCUT2D eigenvalue weighted by Gasteiger charge is 2.38. The van der Waals surface area contributed by atoms with Crippen LogP contribution >= 0.6 is 19.6 Å². The van der Waals surface area contributed by atoms with Gasteiger partial charge in [-0.1, -0.05) is 18.2 Å². The average Bonchev–Trinajstić information content (AvgIpc) is 3.01. The number of aromatic nitrogens is 2. The summed E-state index contributed by atoms with van der Waals surface area (Å²) in [5, 5.41) is 1.09. The number of carbonyl (C=O) groups excluding carboxylic acids is 1. The van der Waals surface area contributed by atoms with Crippen molar-refractivity contribution in [3.63, 3.8) is 0 Å². The Morgan fingerprint density at radius 3 is 2.71 bits per heavy atom. The molecule has 3 rings (SSSR count). The molecule has 0 bridgehead atoms. The Balaban J connectivity index is 1.68. The number of phosphoric acid groups is 1. The Hall–Kier alpha value is -2.04. The molecule has 12 heteroatoms. The molecule has 1 amide bonds. The molecule has 0 saturated carbocycles. The smallest absolute Gasteiger partial charge is 0.306 e. The molecule has 1 aromatic heterocycles. The van der Waals surface area contributed by atoms with Crippen molar-refractivity contribution in [1.82, 2.24) is 9.55 Å². The minimum absolute atomic E-state index is 0.0196. The maximum Gasteiger partial charge on any atom is 0.469 e. The topological polar surface area (TPSA) is 131 Å². The Bertz CT molecular complexity index is 953. The van der Waals surface area contributed by atoms with E-state index in [0.29, 0.717) is 5.56 Å². The SMILES string of the molecule is O=C(Nc1ccn([C@@H]2S[C@H](COP(=O)(O)O)C[C@@H]2F)c(=O)n1)c1ccccc1. The third kappa shape index (κ3) is 5.27. The summed E-state index contributed by atoms with van der Waals surface area (Å²) in [7, 11) is -4.64. The highest BCUT2D eigenvalue weighted by atomic mass is 32.2. The van der Waals surface area contributed by atoms with Crippen molar-refractivity contribution in [3.8, 4) is 0 Å². The zero-order valence-corrected chi connectivity index (χ0v) is 16.1.